The van der Waals surface area contributed by atoms with Gasteiger partial charge in [-0.3, -0.25) is 0 Å². The molecule has 1 aliphatic carbocycles. The van der Waals surface area contributed by atoms with Crippen LogP contribution in [0, 0.1) is 0 Å². The van der Waals surface area contributed by atoms with Crippen LogP contribution < -0.4 is 0 Å². The van der Waals surface area contributed by atoms with Gasteiger partial charge < -0.3 is 0 Å². The van der Waals surface area contributed by atoms with E-state index in [0.717, 1.165) is 12.0 Å². The monoisotopic (exact) mass is 228 g/mol. The minimum Gasteiger partial charge on any atom is -0.207 e. The molecule has 0 spiro atoms. The van der Waals surface area contributed by atoms with E-state index in [1.54, 1.807) is 6.08 Å². The van der Waals surface area contributed by atoms with Crippen molar-refractivity contribution >= 4 is 25.8 Å². The average Bonchev–Trinajstić information content (AvgIpc) is 2.16. The number of benzene rings is 1. The van der Waals surface area contributed by atoms with Crippen molar-refractivity contribution in [3.8, 4) is 0 Å². The lowest BCUT2D eigenvalue weighted by molar-refractivity contribution is 0.613. The molecule has 0 aliphatic heterocycles. The molecule has 0 saturated heterocycles. The number of aryl methyl sites for hydroxylation is 1. The molecule has 0 heterocycles. The van der Waals surface area contributed by atoms with Crippen LogP contribution in [-0.4, -0.2) is 8.42 Å². The standard InChI is InChI=1S/C10H9ClO2S/c11-14(12,13)10-6-5-8-3-1-2-4-9(8)7-10/h1-4,7H,5-6H2. The largest absolute Gasteiger partial charge is 0.257 e. The highest BCUT2D eigenvalue weighted by molar-refractivity contribution is 8.16. The van der Waals surface area contributed by atoms with Gasteiger partial charge in [0.15, 0.2) is 0 Å². The van der Waals surface area contributed by atoms with Crippen LogP contribution in [0.25, 0.3) is 6.08 Å². The average molecular weight is 229 g/mol. The Balaban J connectivity index is 2.51. The van der Waals surface area contributed by atoms with E-state index >= 15 is 0 Å². The van der Waals surface area contributed by atoms with Crippen LogP contribution in [0.5, 0.6) is 0 Å². The highest BCUT2D eigenvalue weighted by atomic mass is 35.7. The molecule has 0 radical (unpaired) electrons. The first kappa shape index (κ1) is 9.74. The maximum Gasteiger partial charge on any atom is 0.257 e. The van der Waals surface area contributed by atoms with E-state index in [9.17, 15) is 8.42 Å². The van der Waals surface area contributed by atoms with Crippen molar-refractivity contribution < 1.29 is 8.42 Å². The molecule has 0 atom stereocenters. The Morgan fingerprint density at radius 3 is 2.57 bits per heavy atom. The molecular weight excluding hydrogens is 220 g/mol. The van der Waals surface area contributed by atoms with E-state index in [1.165, 1.54) is 5.56 Å². The van der Waals surface area contributed by atoms with E-state index < -0.39 is 9.05 Å². The van der Waals surface area contributed by atoms with E-state index in [1.807, 2.05) is 24.3 Å². The van der Waals surface area contributed by atoms with Crippen LogP contribution in [-0.2, 0) is 15.5 Å². The van der Waals surface area contributed by atoms with Crippen LogP contribution in [0.1, 0.15) is 17.5 Å². The number of hydrogen-bond donors (Lipinski definition) is 0. The molecule has 0 unspecified atom stereocenters. The van der Waals surface area contributed by atoms with Gasteiger partial charge >= 0.3 is 0 Å². The van der Waals surface area contributed by atoms with Gasteiger partial charge in [0, 0.05) is 10.7 Å². The van der Waals surface area contributed by atoms with Crippen molar-refractivity contribution in [2.24, 2.45) is 0 Å². The van der Waals surface area contributed by atoms with Gasteiger partial charge in [-0.2, -0.15) is 0 Å². The number of hydrogen-bond acceptors (Lipinski definition) is 2. The fourth-order valence-corrected chi connectivity index (χ4v) is 2.58. The summed E-state index contributed by atoms with van der Waals surface area (Å²) < 4.78 is 22.2. The number of halogens is 1. The van der Waals surface area contributed by atoms with Crippen LogP contribution in [0.3, 0.4) is 0 Å². The number of fused-ring (bicyclic) bond motifs is 1. The first-order chi connectivity index (χ1) is 6.57. The summed E-state index contributed by atoms with van der Waals surface area (Å²) in [4.78, 5) is 0.317. The Bertz CT molecular complexity index is 489. The third-order valence-corrected chi connectivity index (χ3v) is 3.87. The molecule has 0 amide bonds. The Hall–Kier alpha value is -0.800. The molecule has 0 N–H and O–H groups in total. The van der Waals surface area contributed by atoms with Gasteiger partial charge in [0.1, 0.15) is 0 Å². The lowest BCUT2D eigenvalue weighted by Crippen LogP contribution is -2.03. The van der Waals surface area contributed by atoms with Gasteiger partial charge in [-0.05, 0) is 30.0 Å². The summed E-state index contributed by atoms with van der Waals surface area (Å²) in [6.45, 7) is 0. The number of allylic oxidation sites excluding steroid dienone is 1. The van der Waals surface area contributed by atoms with Gasteiger partial charge in [-0.15, -0.1) is 0 Å². The SMILES string of the molecule is O=S(=O)(Cl)C1=Cc2ccccc2CC1. The molecule has 1 aliphatic rings. The summed E-state index contributed by atoms with van der Waals surface area (Å²) in [5.41, 5.74) is 2.13. The molecule has 4 heteroatoms. The molecule has 0 aromatic heterocycles. The summed E-state index contributed by atoms with van der Waals surface area (Å²) in [5, 5.41) is 0. The maximum absolute atomic E-state index is 11.1. The van der Waals surface area contributed by atoms with Gasteiger partial charge in [0.25, 0.3) is 9.05 Å². The lowest BCUT2D eigenvalue weighted by atomic mass is 9.98. The quantitative estimate of drug-likeness (QED) is 0.693. The molecular formula is C10H9ClO2S. The van der Waals surface area contributed by atoms with Gasteiger partial charge in [-0.1, -0.05) is 24.3 Å². The zero-order valence-electron chi connectivity index (χ0n) is 7.40. The second kappa shape index (κ2) is 3.41. The zero-order chi connectivity index (χ0) is 10.2. The fraction of sp³-hybridized carbons (Fsp3) is 0.200. The number of rotatable bonds is 1. The summed E-state index contributed by atoms with van der Waals surface area (Å²) in [5.74, 6) is 0. The zero-order valence-corrected chi connectivity index (χ0v) is 8.98. The van der Waals surface area contributed by atoms with E-state index in [0.29, 0.717) is 11.3 Å². The van der Waals surface area contributed by atoms with Gasteiger partial charge in [-0.25, -0.2) is 8.42 Å². The second-order valence-corrected chi connectivity index (χ2v) is 5.87. The summed E-state index contributed by atoms with van der Waals surface area (Å²) in [7, 11) is 1.75. The van der Waals surface area contributed by atoms with Crippen LogP contribution >= 0.6 is 10.7 Å². The minimum atomic E-state index is -3.54. The molecule has 74 valence electrons. The Kier molecular flexibility index (Phi) is 2.37. The Morgan fingerprint density at radius 2 is 1.86 bits per heavy atom. The highest BCUT2D eigenvalue weighted by Crippen LogP contribution is 2.28. The van der Waals surface area contributed by atoms with Crippen molar-refractivity contribution in [3.63, 3.8) is 0 Å². The Labute approximate surface area is 87.6 Å². The molecule has 1 aromatic carbocycles. The summed E-state index contributed by atoms with van der Waals surface area (Å²) in [6.07, 6.45) is 2.90. The highest BCUT2D eigenvalue weighted by Gasteiger charge is 2.18. The van der Waals surface area contributed by atoms with Crippen molar-refractivity contribution in [2.45, 2.75) is 12.8 Å². The minimum absolute atomic E-state index is 0.317. The first-order valence-electron chi connectivity index (χ1n) is 4.30. The molecule has 0 bridgehead atoms. The van der Waals surface area contributed by atoms with Crippen molar-refractivity contribution in [1.29, 1.82) is 0 Å². The predicted octanol–water partition coefficient (Wildman–Crippen LogP) is 2.54. The second-order valence-electron chi connectivity index (χ2n) is 3.25. The molecule has 0 saturated carbocycles. The third-order valence-electron chi connectivity index (χ3n) is 2.33. The smallest absolute Gasteiger partial charge is 0.207 e. The molecule has 0 fully saturated rings. The topological polar surface area (TPSA) is 34.1 Å². The van der Waals surface area contributed by atoms with Gasteiger partial charge in [0.2, 0.25) is 0 Å². The van der Waals surface area contributed by atoms with Crippen LogP contribution in [0.15, 0.2) is 29.2 Å². The molecule has 14 heavy (non-hydrogen) atoms. The molecule has 2 nitrogen and oxygen atoms in total. The van der Waals surface area contributed by atoms with Gasteiger partial charge in [0.05, 0.1) is 4.91 Å². The van der Waals surface area contributed by atoms with Crippen molar-refractivity contribution in [2.75, 3.05) is 0 Å². The molecule has 2 rings (SSSR count). The van der Waals surface area contributed by atoms with Crippen LogP contribution in [0.4, 0.5) is 0 Å². The van der Waals surface area contributed by atoms with Crippen LogP contribution in [0.2, 0.25) is 0 Å². The summed E-state index contributed by atoms with van der Waals surface area (Å²) in [6, 6.07) is 7.74. The van der Waals surface area contributed by atoms with E-state index in [4.69, 9.17) is 10.7 Å². The molecule has 1 aromatic rings. The normalized spacial score (nSPS) is 15.9. The van der Waals surface area contributed by atoms with Crippen molar-refractivity contribution in [1.82, 2.24) is 0 Å². The lowest BCUT2D eigenvalue weighted by Gasteiger charge is -2.13. The van der Waals surface area contributed by atoms with Crippen molar-refractivity contribution in [3.05, 3.63) is 40.3 Å². The maximum atomic E-state index is 11.1. The fourth-order valence-electron chi connectivity index (χ4n) is 1.60. The third kappa shape index (κ3) is 1.83. The van der Waals surface area contributed by atoms with E-state index in [-0.39, 0.29) is 0 Å². The summed E-state index contributed by atoms with van der Waals surface area (Å²) >= 11 is 0. The van der Waals surface area contributed by atoms with E-state index in [2.05, 4.69) is 0 Å². The first-order valence-corrected chi connectivity index (χ1v) is 6.61. The Morgan fingerprint density at radius 1 is 1.14 bits per heavy atom. The predicted molar refractivity (Wildman–Crippen MR) is 57.5 cm³/mol.